The van der Waals surface area contributed by atoms with Gasteiger partial charge in [0.1, 0.15) is 0 Å². The molecular weight excluding hydrogens is 185 g/mol. The normalized spacial score (nSPS) is 37.0. The Balaban J connectivity index is 2.78. The summed E-state index contributed by atoms with van der Waals surface area (Å²) in [5.41, 5.74) is 0. The lowest BCUT2D eigenvalue weighted by Gasteiger charge is -2.26. The van der Waals surface area contributed by atoms with Gasteiger partial charge in [-0.2, -0.15) is 0 Å². The molecule has 0 saturated carbocycles. The Labute approximate surface area is 70.2 Å². The molecule has 0 amide bonds. The Bertz CT molecular complexity index is 192. The van der Waals surface area contributed by atoms with Crippen LogP contribution in [-0.2, 0) is 9.09 Å². The van der Waals surface area contributed by atoms with E-state index in [-0.39, 0.29) is 0 Å². The topological polar surface area (TPSA) is 58.6 Å². The van der Waals surface area contributed by atoms with Crippen LogP contribution in [0.3, 0.4) is 0 Å². The standard InChI is InChI=1S/C5H12NO3PS/c1-5(6-3-4-11-5)10(7,8)9-2/h6H,3-4H2,1-2H3,(H,7,8). The second-order valence-electron chi connectivity index (χ2n) is 2.46. The van der Waals surface area contributed by atoms with E-state index in [1.54, 1.807) is 6.92 Å². The van der Waals surface area contributed by atoms with E-state index in [0.717, 1.165) is 12.3 Å². The van der Waals surface area contributed by atoms with E-state index >= 15 is 0 Å². The van der Waals surface area contributed by atoms with E-state index in [0.29, 0.717) is 0 Å². The summed E-state index contributed by atoms with van der Waals surface area (Å²) < 4.78 is 15.1. The first-order valence-corrected chi connectivity index (χ1v) is 5.86. The summed E-state index contributed by atoms with van der Waals surface area (Å²) in [7, 11) is -2.22. The second-order valence-corrected chi connectivity index (χ2v) is 6.58. The molecule has 1 fully saturated rings. The third-order valence-electron chi connectivity index (χ3n) is 1.72. The zero-order valence-corrected chi connectivity index (χ0v) is 8.24. The van der Waals surface area contributed by atoms with Gasteiger partial charge in [0.15, 0.2) is 4.61 Å². The highest BCUT2D eigenvalue weighted by molar-refractivity contribution is 8.06. The highest BCUT2D eigenvalue weighted by Gasteiger charge is 2.46. The van der Waals surface area contributed by atoms with E-state index in [9.17, 15) is 9.46 Å². The van der Waals surface area contributed by atoms with Gasteiger partial charge in [-0.1, -0.05) is 0 Å². The summed E-state index contributed by atoms with van der Waals surface area (Å²) in [5.74, 6) is 0.852. The highest BCUT2D eigenvalue weighted by Crippen LogP contribution is 2.59. The molecule has 1 aliphatic rings. The van der Waals surface area contributed by atoms with E-state index in [1.165, 1.54) is 18.9 Å². The molecule has 1 aliphatic heterocycles. The molecular formula is C5H12NO3PS. The molecule has 1 rings (SSSR count). The maximum absolute atomic E-state index is 11.4. The third-order valence-corrected chi connectivity index (χ3v) is 5.65. The predicted octanol–water partition coefficient (Wildman–Crippen LogP) is 0.828. The van der Waals surface area contributed by atoms with Crippen molar-refractivity contribution < 1.29 is 14.0 Å². The van der Waals surface area contributed by atoms with Crippen LogP contribution in [0.2, 0.25) is 0 Å². The molecule has 0 spiro atoms. The van der Waals surface area contributed by atoms with E-state index in [2.05, 4.69) is 9.84 Å². The minimum absolute atomic E-state index is 0.759. The van der Waals surface area contributed by atoms with Crippen LogP contribution in [0.1, 0.15) is 6.92 Å². The largest absolute Gasteiger partial charge is 0.357 e. The summed E-state index contributed by atoms with van der Waals surface area (Å²) >= 11 is 1.43. The average Bonchev–Trinajstić information content (AvgIpc) is 2.38. The maximum Gasteiger partial charge on any atom is 0.357 e. The fourth-order valence-corrected chi connectivity index (χ4v) is 3.56. The Kier molecular flexibility index (Phi) is 2.67. The first-order valence-electron chi connectivity index (χ1n) is 3.29. The average molecular weight is 197 g/mol. The summed E-state index contributed by atoms with van der Waals surface area (Å²) in [4.78, 5) is 9.33. The fourth-order valence-electron chi connectivity index (χ4n) is 0.939. The molecule has 2 unspecified atom stereocenters. The zero-order chi connectivity index (χ0) is 8.54. The molecule has 0 aromatic heterocycles. The molecule has 6 heteroatoms. The number of hydrogen-bond donors (Lipinski definition) is 2. The molecule has 11 heavy (non-hydrogen) atoms. The van der Waals surface area contributed by atoms with E-state index < -0.39 is 12.2 Å². The summed E-state index contributed by atoms with van der Waals surface area (Å²) in [6.07, 6.45) is 0. The Morgan fingerprint density at radius 2 is 2.45 bits per heavy atom. The van der Waals surface area contributed by atoms with Gasteiger partial charge in [0.05, 0.1) is 0 Å². The predicted molar refractivity (Wildman–Crippen MR) is 45.7 cm³/mol. The molecule has 0 aliphatic carbocycles. The second kappa shape index (κ2) is 3.07. The minimum Gasteiger partial charge on any atom is -0.322 e. The molecule has 0 bridgehead atoms. The lowest BCUT2D eigenvalue weighted by molar-refractivity contribution is 0.295. The first kappa shape index (κ1) is 9.55. The Hall–Kier alpha value is 0.460. The molecule has 0 aromatic carbocycles. The summed E-state index contributed by atoms with van der Waals surface area (Å²) in [6.45, 7) is 2.45. The van der Waals surface area contributed by atoms with Gasteiger partial charge in [0.25, 0.3) is 0 Å². The number of rotatable bonds is 2. The van der Waals surface area contributed by atoms with Crippen LogP contribution < -0.4 is 5.32 Å². The van der Waals surface area contributed by atoms with Crippen molar-refractivity contribution in [3.05, 3.63) is 0 Å². The zero-order valence-electron chi connectivity index (χ0n) is 6.53. The van der Waals surface area contributed by atoms with E-state index in [1.807, 2.05) is 0 Å². The van der Waals surface area contributed by atoms with Gasteiger partial charge in [0.2, 0.25) is 0 Å². The van der Waals surface area contributed by atoms with Gasteiger partial charge in [-0.25, -0.2) is 0 Å². The lowest BCUT2D eigenvalue weighted by Crippen LogP contribution is -2.33. The van der Waals surface area contributed by atoms with Gasteiger partial charge in [0, 0.05) is 19.4 Å². The smallest absolute Gasteiger partial charge is 0.322 e. The van der Waals surface area contributed by atoms with Crippen LogP contribution in [0, 0.1) is 0 Å². The number of hydrogen-bond acceptors (Lipinski definition) is 4. The maximum atomic E-state index is 11.4. The quantitative estimate of drug-likeness (QED) is 0.642. The van der Waals surface area contributed by atoms with Crippen molar-refractivity contribution in [3.63, 3.8) is 0 Å². The van der Waals surface area contributed by atoms with Crippen LogP contribution >= 0.6 is 19.4 Å². The SMILES string of the molecule is COP(=O)(O)C1(C)NCCS1. The molecule has 66 valence electrons. The molecule has 0 radical (unpaired) electrons. The molecule has 4 nitrogen and oxygen atoms in total. The van der Waals surface area contributed by atoms with Crippen molar-refractivity contribution in [2.45, 2.75) is 11.5 Å². The van der Waals surface area contributed by atoms with Crippen molar-refractivity contribution in [2.75, 3.05) is 19.4 Å². The van der Waals surface area contributed by atoms with Crippen molar-refractivity contribution in [1.82, 2.24) is 5.32 Å². The van der Waals surface area contributed by atoms with Crippen LogP contribution in [0.5, 0.6) is 0 Å². The minimum atomic E-state index is -3.48. The summed E-state index contributed by atoms with van der Waals surface area (Å²) in [6, 6.07) is 0. The van der Waals surface area contributed by atoms with Gasteiger partial charge >= 0.3 is 7.60 Å². The molecule has 0 aromatic rings. The van der Waals surface area contributed by atoms with Gasteiger partial charge in [-0.05, 0) is 6.92 Å². The van der Waals surface area contributed by atoms with Crippen LogP contribution in [0.15, 0.2) is 0 Å². The van der Waals surface area contributed by atoms with Crippen molar-refractivity contribution >= 4 is 19.4 Å². The van der Waals surface area contributed by atoms with Crippen molar-refractivity contribution in [1.29, 1.82) is 0 Å². The van der Waals surface area contributed by atoms with Crippen LogP contribution in [0.25, 0.3) is 0 Å². The third kappa shape index (κ3) is 1.63. The number of nitrogens with one attached hydrogen (secondary N) is 1. The summed E-state index contributed by atoms with van der Waals surface area (Å²) in [5, 5.41) is 2.95. The molecule has 1 saturated heterocycles. The van der Waals surface area contributed by atoms with Crippen molar-refractivity contribution in [3.8, 4) is 0 Å². The Morgan fingerprint density at radius 1 is 1.82 bits per heavy atom. The first-order chi connectivity index (χ1) is 5.02. The number of thioether (sulfide) groups is 1. The van der Waals surface area contributed by atoms with Crippen molar-refractivity contribution in [2.24, 2.45) is 0 Å². The van der Waals surface area contributed by atoms with Gasteiger partial charge < -0.3 is 9.42 Å². The molecule has 2 atom stereocenters. The molecule has 1 heterocycles. The Morgan fingerprint density at radius 3 is 2.82 bits per heavy atom. The lowest BCUT2D eigenvalue weighted by atomic mass is 10.7. The van der Waals surface area contributed by atoms with Gasteiger partial charge in [-0.3, -0.25) is 9.88 Å². The molecule has 2 N–H and O–H groups in total. The monoisotopic (exact) mass is 197 g/mol. The van der Waals surface area contributed by atoms with Gasteiger partial charge in [-0.15, -0.1) is 11.8 Å². The van der Waals surface area contributed by atoms with Crippen LogP contribution in [0.4, 0.5) is 0 Å². The van der Waals surface area contributed by atoms with E-state index in [4.69, 9.17) is 0 Å². The van der Waals surface area contributed by atoms with Crippen LogP contribution in [-0.4, -0.2) is 28.9 Å². The fraction of sp³-hybridized carbons (Fsp3) is 1.00. The highest BCUT2D eigenvalue weighted by atomic mass is 32.2.